The smallest absolute Gasteiger partial charge is 0.246 e. The summed E-state index contributed by atoms with van der Waals surface area (Å²) in [5.74, 6) is 0.304. The summed E-state index contributed by atoms with van der Waals surface area (Å²) in [7, 11) is 5.17. The van der Waals surface area contributed by atoms with Gasteiger partial charge in [0.15, 0.2) is 4.93 Å². The van der Waals surface area contributed by atoms with Crippen molar-refractivity contribution in [3.8, 4) is 5.75 Å². The number of allylic oxidation sites excluding steroid dienone is 1. The minimum atomic E-state index is -0.678. The molecule has 0 aromatic heterocycles. The number of likely N-dealkylation sites (N-methyl/N-ethyl adjacent to an activating group) is 1. The largest absolute Gasteiger partial charge is 0.490 e. The molecule has 41 heavy (non-hydrogen) atoms. The fourth-order valence-corrected chi connectivity index (χ4v) is 5.12. The third kappa shape index (κ3) is 20.7. The second-order valence-electron chi connectivity index (χ2n) is 10.1. The number of anilines is 1. The van der Waals surface area contributed by atoms with Crippen LogP contribution in [0.3, 0.4) is 0 Å². The van der Waals surface area contributed by atoms with Crippen LogP contribution in [0.4, 0.5) is 5.69 Å². The van der Waals surface area contributed by atoms with Crippen LogP contribution in [0, 0.1) is 0 Å². The van der Waals surface area contributed by atoms with E-state index in [0.29, 0.717) is 51.0 Å². The van der Waals surface area contributed by atoms with Gasteiger partial charge in [0, 0.05) is 29.6 Å². The van der Waals surface area contributed by atoms with Crippen molar-refractivity contribution in [3.63, 3.8) is 0 Å². The molecule has 1 rings (SSSR count). The third-order valence-electron chi connectivity index (χ3n) is 4.95. The number of amides is 2. The lowest BCUT2D eigenvalue weighted by Gasteiger charge is -2.31. The summed E-state index contributed by atoms with van der Waals surface area (Å²) in [6.45, 7) is 14.3. The Kier molecular flexibility index (Phi) is 19.8. The summed E-state index contributed by atoms with van der Waals surface area (Å²) >= 11 is 0. The second kappa shape index (κ2) is 21.8. The van der Waals surface area contributed by atoms with Crippen LogP contribution in [-0.2, 0) is 28.5 Å². The van der Waals surface area contributed by atoms with E-state index in [1.807, 2.05) is 51.2 Å². The van der Waals surface area contributed by atoms with Crippen molar-refractivity contribution in [1.82, 2.24) is 10.6 Å². The maximum atomic E-state index is 12.3. The fraction of sp³-hybridized carbons (Fsp3) is 0.655. The van der Waals surface area contributed by atoms with Crippen LogP contribution in [0.5, 0.6) is 5.75 Å². The van der Waals surface area contributed by atoms with Gasteiger partial charge in [0.2, 0.25) is 11.8 Å². The maximum Gasteiger partial charge on any atom is 0.246 e. The summed E-state index contributed by atoms with van der Waals surface area (Å²) in [6, 6.07) is 7.26. The maximum absolute atomic E-state index is 12.3. The number of benzene rings is 1. The van der Waals surface area contributed by atoms with Gasteiger partial charge in [-0.05, 0) is 33.0 Å². The molecule has 1 aromatic rings. The van der Waals surface area contributed by atoms with Crippen molar-refractivity contribution in [1.29, 1.82) is 0 Å². The Hall–Kier alpha value is -1.80. The van der Waals surface area contributed by atoms with Gasteiger partial charge >= 0.3 is 0 Å². The van der Waals surface area contributed by atoms with E-state index in [4.69, 9.17) is 23.7 Å². The molecule has 1 aromatic carbocycles. The van der Waals surface area contributed by atoms with Crippen molar-refractivity contribution in [2.75, 3.05) is 78.3 Å². The van der Waals surface area contributed by atoms with Gasteiger partial charge in [-0.1, -0.05) is 60.6 Å². The van der Waals surface area contributed by atoms with E-state index in [9.17, 15) is 9.59 Å². The molecule has 0 spiro atoms. The topological polar surface area (TPSA) is 116 Å². The van der Waals surface area contributed by atoms with Gasteiger partial charge in [0.25, 0.3) is 0 Å². The van der Waals surface area contributed by atoms with E-state index in [1.165, 1.54) is 0 Å². The Labute approximate surface area is 253 Å². The third-order valence-corrected chi connectivity index (χ3v) is 8.93. The molecule has 1 atom stereocenters. The van der Waals surface area contributed by atoms with E-state index in [2.05, 4.69) is 36.7 Å². The Morgan fingerprint density at radius 1 is 0.927 bits per heavy atom. The number of hydrogen-bond donors (Lipinski definition) is 3. The highest BCUT2D eigenvalue weighted by Gasteiger charge is 2.30. The van der Waals surface area contributed by atoms with Crippen molar-refractivity contribution in [2.45, 2.75) is 50.7 Å². The van der Waals surface area contributed by atoms with Gasteiger partial charge in [0.05, 0.1) is 46.1 Å². The molecule has 0 heterocycles. The first-order valence-electron chi connectivity index (χ1n) is 13.9. The highest BCUT2D eigenvalue weighted by atomic mass is 33.1. The van der Waals surface area contributed by atoms with E-state index in [-0.39, 0.29) is 42.8 Å². The van der Waals surface area contributed by atoms with Crippen molar-refractivity contribution in [2.24, 2.45) is 0 Å². The number of carbonyl (C=O) groups is 2. The zero-order valence-electron chi connectivity index (χ0n) is 25.4. The first-order chi connectivity index (χ1) is 19.6. The predicted molar refractivity (Wildman–Crippen MR) is 169 cm³/mol. The average molecular weight is 616 g/mol. The minimum Gasteiger partial charge on any atom is -0.490 e. The molecular weight excluding hydrogens is 566 g/mol. The van der Waals surface area contributed by atoms with Crippen LogP contribution < -0.4 is 20.7 Å². The molecule has 0 saturated carbocycles. The highest BCUT2D eigenvalue weighted by Crippen LogP contribution is 2.44. The van der Waals surface area contributed by atoms with E-state index in [0.717, 1.165) is 6.54 Å². The molecule has 3 N–H and O–H groups in total. The molecule has 0 unspecified atom stereocenters. The lowest BCUT2D eigenvalue weighted by atomic mass is 10.3. The summed E-state index contributed by atoms with van der Waals surface area (Å²) < 4.78 is 28.6. The standard InChI is InChI=1S/C29H49N3O7S2/c1-7-8-13-31-27(34)22-37-19-20-39-29(5,41-40-28(2,3)4)23-38-25-11-9-10-24(21-25)32-26(33)12-15-35-17-18-36-16-14-30-6/h7-11,21,30H,12-20,22-23H2,1-6H3,(H,31,34)(H,32,33)/b8-7+/t29-/m1/s1. The minimum absolute atomic E-state index is 0.0181. The van der Waals surface area contributed by atoms with Crippen molar-refractivity contribution < 1.29 is 33.3 Å². The Bertz CT molecular complexity index is 899. The molecule has 10 nitrogen and oxygen atoms in total. The first-order valence-corrected chi connectivity index (χ1v) is 16.0. The average Bonchev–Trinajstić information content (AvgIpc) is 2.92. The molecular formula is C29H49N3O7S2. The van der Waals surface area contributed by atoms with E-state index in [1.54, 1.807) is 27.7 Å². The predicted octanol–water partition coefficient (Wildman–Crippen LogP) is 4.27. The fourth-order valence-electron chi connectivity index (χ4n) is 2.89. The lowest BCUT2D eigenvalue weighted by molar-refractivity contribution is -0.126. The van der Waals surface area contributed by atoms with Crippen molar-refractivity contribution >= 4 is 39.1 Å². The van der Waals surface area contributed by atoms with Crippen LogP contribution in [0.25, 0.3) is 0 Å². The molecule has 0 radical (unpaired) electrons. The zero-order chi connectivity index (χ0) is 30.4. The second-order valence-corrected chi connectivity index (χ2v) is 13.6. The normalized spacial score (nSPS) is 13.2. The summed E-state index contributed by atoms with van der Waals surface area (Å²) in [4.78, 5) is 23.4. The lowest BCUT2D eigenvalue weighted by Crippen LogP contribution is -2.34. The molecule has 2 amide bonds. The van der Waals surface area contributed by atoms with Crippen LogP contribution in [0.1, 0.15) is 41.0 Å². The van der Waals surface area contributed by atoms with Crippen LogP contribution in [0.15, 0.2) is 36.4 Å². The molecule has 0 saturated heterocycles. The molecule has 0 fully saturated rings. The molecule has 0 aliphatic heterocycles. The molecule has 0 bridgehead atoms. The Morgan fingerprint density at radius 3 is 2.37 bits per heavy atom. The van der Waals surface area contributed by atoms with Crippen LogP contribution in [0.2, 0.25) is 0 Å². The van der Waals surface area contributed by atoms with Crippen LogP contribution >= 0.6 is 21.6 Å². The number of nitrogens with one attached hydrogen (secondary N) is 3. The summed E-state index contributed by atoms with van der Waals surface area (Å²) in [5, 5.41) is 8.64. The quantitative estimate of drug-likeness (QED) is 0.0714. The molecule has 0 aliphatic carbocycles. The number of carbonyl (C=O) groups excluding carboxylic acids is 2. The summed E-state index contributed by atoms with van der Waals surface area (Å²) in [5.41, 5.74) is 0.642. The summed E-state index contributed by atoms with van der Waals surface area (Å²) in [6.07, 6.45) is 3.98. The van der Waals surface area contributed by atoms with Gasteiger partial charge in [-0.2, -0.15) is 0 Å². The van der Waals surface area contributed by atoms with E-state index < -0.39 is 4.93 Å². The first kappa shape index (κ1) is 37.2. The van der Waals surface area contributed by atoms with Crippen LogP contribution in [-0.4, -0.2) is 94.5 Å². The monoisotopic (exact) mass is 615 g/mol. The number of rotatable bonds is 23. The Morgan fingerprint density at radius 2 is 1.66 bits per heavy atom. The van der Waals surface area contributed by atoms with Crippen molar-refractivity contribution in [3.05, 3.63) is 36.4 Å². The Balaban J connectivity index is 2.51. The molecule has 0 aliphatic rings. The highest BCUT2D eigenvalue weighted by molar-refractivity contribution is 8.77. The molecule has 12 heteroatoms. The van der Waals surface area contributed by atoms with Gasteiger partial charge in [0.1, 0.15) is 19.0 Å². The molecule has 234 valence electrons. The van der Waals surface area contributed by atoms with Gasteiger partial charge in [-0.25, -0.2) is 0 Å². The number of ether oxygens (including phenoxy) is 5. The van der Waals surface area contributed by atoms with Gasteiger partial charge < -0.3 is 39.6 Å². The van der Waals surface area contributed by atoms with Gasteiger partial charge in [-0.3, -0.25) is 9.59 Å². The zero-order valence-corrected chi connectivity index (χ0v) is 27.0. The van der Waals surface area contributed by atoms with Gasteiger partial charge in [-0.15, -0.1) is 0 Å². The number of hydrogen-bond acceptors (Lipinski definition) is 10. The van der Waals surface area contributed by atoms with E-state index >= 15 is 0 Å². The SMILES string of the molecule is C/C=C/CNC(=O)COCCO[C@@](C)(COc1cccc(NC(=O)CCOCCOCCNC)c1)SSC(C)(C)C.